The van der Waals surface area contributed by atoms with Crippen molar-refractivity contribution in [3.05, 3.63) is 35.4 Å². The van der Waals surface area contributed by atoms with Crippen molar-refractivity contribution in [2.45, 2.75) is 37.9 Å². The van der Waals surface area contributed by atoms with Crippen LogP contribution in [0, 0.1) is 0 Å². The van der Waals surface area contributed by atoms with Gasteiger partial charge < -0.3 is 5.11 Å². The Morgan fingerprint density at radius 2 is 2.10 bits per heavy atom. The molecular weight excluding hydrogens is 252 g/mol. The fraction of sp³-hybridized carbons (Fsp3) is 0.562. The summed E-state index contributed by atoms with van der Waals surface area (Å²) < 4.78 is 0. The lowest BCUT2D eigenvalue weighted by Gasteiger charge is -2.25. The van der Waals surface area contributed by atoms with Gasteiger partial charge in [-0.25, -0.2) is 4.79 Å². The zero-order valence-electron chi connectivity index (χ0n) is 12.0. The Hall–Kier alpha value is -1.39. The molecule has 1 aromatic rings. The summed E-state index contributed by atoms with van der Waals surface area (Å²) in [6.45, 7) is 3.07. The molecule has 0 spiro atoms. The monoisotopic (exact) mass is 274 g/mol. The third-order valence-electron chi connectivity index (χ3n) is 4.81. The first-order valence-corrected chi connectivity index (χ1v) is 7.40. The van der Waals surface area contributed by atoms with Crippen LogP contribution in [0.4, 0.5) is 0 Å². The maximum absolute atomic E-state index is 11.0. The van der Waals surface area contributed by atoms with Gasteiger partial charge in [0.1, 0.15) is 0 Å². The molecule has 4 heteroatoms. The highest BCUT2D eigenvalue weighted by Crippen LogP contribution is 2.29. The molecule has 3 rings (SSSR count). The highest BCUT2D eigenvalue weighted by molar-refractivity contribution is 5.87. The number of likely N-dealkylation sites (N-methyl/N-ethyl adjacent to an activating group) is 1. The lowest BCUT2D eigenvalue weighted by Crippen LogP contribution is -2.36. The molecule has 2 fully saturated rings. The summed E-state index contributed by atoms with van der Waals surface area (Å²) >= 11 is 0. The average molecular weight is 274 g/mol. The van der Waals surface area contributed by atoms with Gasteiger partial charge in [0.15, 0.2) is 0 Å². The molecule has 2 atom stereocenters. The SMILES string of the molecule is CN1C2CCC1CN(Cc1cccc(C(=O)O)c1)CC2. The van der Waals surface area contributed by atoms with Crippen LogP contribution < -0.4 is 0 Å². The number of hydrogen-bond acceptors (Lipinski definition) is 3. The molecule has 0 aliphatic carbocycles. The summed E-state index contributed by atoms with van der Waals surface area (Å²) in [6, 6.07) is 8.74. The van der Waals surface area contributed by atoms with E-state index in [0.29, 0.717) is 11.6 Å². The van der Waals surface area contributed by atoms with Gasteiger partial charge in [0, 0.05) is 31.7 Å². The van der Waals surface area contributed by atoms with E-state index in [0.717, 1.165) is 31.2 Å². The number of carboxylic acids is 1. The van der Waals surface area contributed by atoms with Crippen molar-refractivity contribution in [2.24, 2.45) is 0 Å². The first kappa shape index (κ1) is 13.6. The van der Waals surface area contributed by atoms with Gasteiger partial charge in [0.2, 0.25) is 0 Å². The smallest absolute Gasteiger partial charge is 0.335 e. The zero-order valence-corrected chi connectivity index (χ0v) is 12.0. The summed E-state index contributed by atoms with van der Waals surface area (Å²) in [7, 11) is 2.25. The molecule has 0 radical (unpaired) electrons. The van der Waals surface area contributed by atoms with Gasteiger partial charge in [0.25, 0.3) is 0 Å². The second kappa shape index (κ2) is 5.54. The number of hydrogen-bond donors (Lipinski definition) is 1. The third-order valence-corrected chi connectivity index (χ3v) is 4.81. The Morgan fingerprint density at radius 3 is 2.90 bits per heavy atom. The molecule has 2 heterocycles. The van der Waals surface area contributed by atoms with E-state index >= 15 is 0 Å². The second-order valence-electron chi connectivity index (χ2n) is 6.08. The molecule has 2 aliphatic rings. The van der Waals surface area contributed by atoms with Crippen molar-refractivity contribution >= 4 is 5.97 Å². The molecule has 1 aromatic carbocycles. The highest BCUT2D eigenvalue weighted by atomic mass is 16.4. The summed E-state index contributed by atoms with van der Waals surface area (Å²) in [5.74, 6) is -0.846. The molecule has 4 nitrogen and oxygen atoms in total. The number of aromatic carboxylic acids is 1. The molecule has 2 bridgehead atoms. The molecule has 2 unspecified atom stereocenters. The number of carboxylic acid groups (broad SMARTS) is 1. The van der Waals surface area contributed by atoms with Gasteiger partial charge in [0.05, 0.1) is 5.56 Å². The van der Waals surface area contributed by atoms with Crippen LogP contribution >= 0.6 is 0 Å². The van der Waals surface area contributed by atoms with Crippen LogP contribution in [-0.4, -0.2) is 53.1 Å². The van der Waals surface area contributed by atoms with E-state index in [4.69, 9.17) is 5.11 Å². The van der Waals surface area contributed by atoms with Crippen molar-refractivity contribution in [1.29, 1.82) is 0 Å². The van der Waals surface area contributed by atoms with Crippen LogP contribution in [0.3, 0.4) is 0 Å². The van der Waals surface area contributed by atoms with Crippen LogP contribution in [0.15, 0.2) is 24.3 Å². The Bertz CT molecular complexity index is 503. The van der Waals surface area contributed by atoms with Crippen LogP contribution in [0.2, 0.25) is 0 Å². The molecule has 0 saturated carbocycles. The van der Waals surface area contributed by atoms with Gasteiger partial charge in [-0.1, -0.05) is 12.1 Å². The van der Waals surface area contributed by atoms with Gasteiger partial charge in [-0.3, -0.25) is 9.80 Å². The lowest BCUT2D eigenvalue weighted by atomic mass is 10.1. The molecule has 0 amide bonds. The van der Waals surface area contributed by atoms with Gasteiger partial charge in [-0.2, -0.15) is 0 Å². The normalized spacial score (nSPS) is 27.4. The van der Waals surface area contributed by atoms with E-state index in [2.05, 4.69) is 16.8 Å². The molecule has 1 N–H and O–H groups in total. The van der Waals surface area contributed by atoms with Crippen molar-refractivity contribution in [3.8, 4) is 0 Å². The molecule has 2 saturated heterocycles. The molecular formula is C16H22N2O2. The van der Waals surface area contributed by atoms with Crippen LogP contribution in [0.25, 0.3) is 0 Å². The van der Waals surface area contributed by atoms with Crippen LogP contribution in [0.5, 0.6) is 0 Å². The van der Waals surface area contributed by atoms with E-state index < -0.39 is 5.97 Å². The molecule has 20 heavy (non-hydrogen) atoms. The number of fused-ring (bicyclic) bond motifs is 2. The number of likely N-dealkylation sites (tertiary alicyclic amines) is 1. The summed E-state index contributed by atoms with van der Waals surface area (Å²) in [6.07, 6.45) is 3.86. The van der Waals surface area contributed by atoms with E-state index in [-0.39, 0.29) is 0 Å². The van der Waals surface area contributed by atoms with E-state index in [1.54, 1.807) is 12.1 Å². The lowest BCUT2D eigenvalue weighted by molar-refractivity contribution is 0.0696. The Balaban J connectivity index is 1.69. The zero-order chi connectivity index (χ0) is 14.1. The predicted octanol–water partition coefficient (Wildman–Crippen LogP) is 2.05. The molecule has 0 aromatic heterocycles. The number of nitrogens with zero attached hydrogens (tertiary/aromatic N) is 2. The first-order chi connectivity index (χ1) is 9.63. The van der Waals surface area contributed by atoms with E-state index in [9.17, 15) is 4.79 Å². The Morgan fingerprint density at radius 1 is 1.30 bits per heavy atom. The minimum atomic E-state index is -0.846. The van der Waals surface area contributed by atoms with E-state index in [1.807, 2.05) is 12.1 Å². The number of benzene rings is 1. The largest absolute Gasteiger partial charge is 0.478 e. The average Bonchev–Trinajstić information content (AvgIpc) is 2.67. The second-order valence-corrected chi connectivity index (χ2v) is 6.08. The Kier molecular flexibility index (Phi) is 3.76. The summed E-state index contributed by atoms with van der Waals surface area (Å²) in [5, 5.41) is 9.06. The van der Waals surface area contributed by atoms with Gasteiger partial charge >= 0.3 is 5.97 Å². The van der Waals surface area contributed by atoms with Crippen molar-refractivity contribution in [2.75, 3.05) is 20.1 Å². The first-order valence-electron chi connectivity index (χ1n) is 7.40. The van der Waals surface area contributed by atoms with E-state index in [1.165, 1.54) is 19.3 Å². The van der Waals surface area contributed by atoms with Crippen molar-refractivity contribution in [3.63, 3.8) is 0 Å². The predicted molar refractivity (Wildman–Crippen MR) is 77.9 cm³/mol. The summed E-state index contributed by atoms with van der Waals surface area (Å²) in [5.41, 5.74) is 1.49. The third kappa shape index (κ3) is 2.72. The number of rotatable bonds is 3. The van der Waals surface area contributed by atoms with Gasteiger partial charge in [-0.05, 0) is 44.0 Å². The van der Waals surface area contributed by atoms with Crippen LogP contribution in [0.1, 0.15) is 35.2 Å². The maximum Gasteiger partial charge on any atom is 0.335 e. The fourth-order valence-corrected chi connectivity index (χ4v) is 3.58. The Labute approximate surface area is 120 Å². The number of carbonyl (C=O) groups is 1. The van der Waals surface area contributed by atoms with Crippen molar-refractivity contribution in [1.82, 2.24) is 9.80 Å². The minimum absolute atomic E-state index is 0.385. The summed E-state index contributed by atoms with van der Waals surface area (Å²) in [4.78, 5) is 16.0. The minimum Gasteiger partial charge on any atom is -0.478 e. The topological polar surface area (TPSA) is 43.8 Å². The van der Waals surface area contributed by atoms with Gasteiger partial charge in [-0.15, -0.1) is 0 Å². The molecule has 108 valence electrons. The maximum atomic E-state index is 11.0. The molecule has 2 aliphatic heterocycles. The standard InChI is InChI=1S/C16H22N2O2/c1-17-14-5-6-15(17)11-18(8-7-14)10-12-3-2-4-13(9-12)16(19)20/h2-4,9,14-15H,5-8,10-11H2,1H3,(H,19,20). The van der Waals surface area contributed by atoms with Crippen LogP contribution in [-0.2, 0) is 6.54 Å². The highest BCUT2D eigenvalue weighted by Gasteiger charge is 2.34. The quantitative estimate of drug-likeness (QED) is 0.916. The fourth-order valence-electron chi connectivity index (χ4n) is 3.58. The van der Waals surface area contributed by atoms with Crippen molar-refractivity contribution < 1.29 is 9.90 Å².